The van der Waals surface area contributed by atoms with Crippen molar-refractivity contribution in [2.45, 2.75) is 23.8 Å². The first-order chi connectivity index (χ1) is 12.0. The van der Waals surface area contributed by atoms with Gasteiger partial charge in [-0.15, -0.1) is 0 Å². The Bertz CT molecular complexity index is 813. The molecule has 0 bridgehead atoms. The molecule has 1 aliphatic heterocycles. The lowest BCUT2D eigenvalue weighted by Crippen LogP contribution is -2.36. The molecular weight excluding hydrogens is 340 g/mol. The van der Waals surface area contributed by atoms with E-state index in [-0.39, 0.29) is 10.9 Å². The molecule has 3 rings (SSSR count). The van der Waals surface area contributed by atoms with Crippen LogP contribution in [0.1, 0.15) is 24.4 Å². The largest absolute Gasteiger partial charge is 0.497 e. The summed E-state index contributed by atoms with van der Waals surface area (Å²) in [6.45, 7) is 2.25. The van der Waals surface area contributed by atoms with Crippen LogP contribution in [0.25, 0.3) is 0 Å². The van der Waals surface area contributed by atoms with E-state index in [0.29, 0.717) is 6.54 Å². The minimum atomic E-state index is -3.58. The molecule has 7 nitrogen and oxygen atoms in total. The van der Waals surface area contributed by atoms with Crippen LogP contribution >= 0.6 is 0 Å². The molecule has 25 heavy (non-hydrogen) atoms. The third-order valence-corrected chi connectivity index (χ3v) is 5.90. The van der Waals surface area contributed by atoms with Crippen LogP contribution in [0.5, 0.6) is 5.75 Å². The van der Waals surface area contributed by atoms with Gasteiger partial charge in [-0.25, -0.2) is 13.1 Å². The van der Waals surface area contributed by atoms with Crippen molar-refractivity contribution in [2.24, 2.45) is 7.05 Å². The molecule has 1 fully saturated rings. The minimum Gasteiger partial charge on any atom is -0.497 e. The normalized spacial score (nSPS) is 16.9. The number of rotatable bonds is 7. The zero-order valence-electron chi connectivity index (χ0n) is 14.6. The Balaban J connectivity index is 1.80. The predicted octanol–water partition coefficient (Wildman–Crippen LogP) is 1.54. The molecule has 8 heteroatoms. The fourth-order valence-electron chi connectivity index (χ4n) is 3.17. The number of methoxy groups -OCH3 is 1. The Labute approximate surface area is 148 Å². The topological polar surface area (TPSA) is 76.5 Å². The lowest BCUT2D eigenvalue weighted by Gasteiger charge is -2.28. The van der Waals surface area contributed by atoms with E-state index < -0.39 is 10.0 Å². The van der Waals surface area contributed by atoms with E-state index in [1.165, 1.54) is 17.1 Å². The summed E-state index contributed by atoms with van der Waals surface area (Å²) >= 11 is 0. The molecule has 0 saturated carbocycles. The molecule has 1 aliphatic rings. The predicted molar refractivity (Wildman–Crippen MR) is 94.9 cm³/mol. The smallest absolute Gasteiger partial charge is 0.243 e. The number of hydrogen-bond acceptors (Lipinski definition) is 5. The highest BCUT2D eigenvalue weighted by Gasteiger charge is 2.26. The number of benzene rings is 1. The molecule has 136 valence electrons. The van der Waals surface area contributed by atoms with Gasteiger partial charge >= 0.3 is 0 Å². The van der Waals surface area contributed by atoms with Gasteiger partial charge in [0, 0.05) is 25.8 Å². The maximum absolute atomic E-state index is 12.5. The van der Waals surface area contributed by atoms with Crippen molar-refractivity contribution >= 4 is 10.0 Å². The molecule has 1 aromatic heterocycles. The van der Waals surface area contributed by atoms with Gasteiger partial charge in [0.2, 0.25) is 10.0 Å². The molecule has 1 saturated heterocycles. The van der Waals surface area contributed by atoms with Crippen LogP contribution in [0.15, 0.2) is 41.6 Å². The van der Waals surface area contributed by atoms with Crippen LogP contribution in [-0.2, 0) is 17.1 Å². The summed E-state index contributed by atoms with van der Waals surface area (Å²) in [6, 6.07) is 7.80. The van der Waals surface area contributed by atoms with Crippen molar-refractivity contribution in [3.63, 3.8) is 0 Å². The Hall–Kier alpha value is -1.90. The second-order valence-corrected chi connectivity index (χ2v) is 8.00. The molecule has 0 spiro atoms. The Morgan fingerprint density at radius 3 is 2.72 bits per heavy atom. The molecule has 0 amide bonds. The second kappa shape index (κ2) is 7.55. The van der Waals surface area contributed by atoms with E-state index in [9.17, 15) is 8.42 Å². The van der Waals surface area contributed by atoms with Crippen molar-refractivity contribution in [1.82, 2.24) is 19.4 Å². The number of nitrogens with zero attached hydrogens (tertiary/aromatic N) is 3. The van der Waals surface area contributed by atoms with Crippen LogP contribution in [-0.4, -0.2) is 49.8 Å². The van der Waals surface area contributed by atoms with Crippen molar-refractivity contribution in [3.8, 4) is 5.75 Å². The monoisotopic (exact) mass is 364 g/mol. The quantitative estimate of drug-likeness (QED) is 0.807. The number of sulfonamides is 1. The number of likely N-dealkylation sites (tertiary alicyclic amines) is 1. The van der Waals surface area contributed by atoms with Crippen LogP contribution in [0.2, 0.25) is 0 Å². The highest BCUT2D eigenvalue weighted by atomic mass is 32.2. The molecule has 1 unspecified atom stereocenters. The van der Waals surface area contributed by atoms with Crippen molar-refractivity contribution in [3.05, 3.63) is 42.2 Å². The summed E-state index contributed by atoms with van der Waals surface area (Å²) in [7, 11) is -0.248. The lowest BCUT2D eigenvalue weighted by atomic mass is 10.1. The number of ether oxygens (including phenoxy) is 1. The maximum atomic E-state index is 12.5. The lowest BCUT2D eigenvalue weighted by molar-refractivity contribution is 0.246. The van der Waals surface area contributed by atoms with Gasteiger partial charge in [0.05, 0.1) is 13.3 Å². The average Bonchev–Trinajstić information content (AvgIpc) is 3.27. The van der Waals surface area contributed by atoms with E-state index in [1.54, 1.807) is 14.2 Å². The molecule has 0 aliphatic carbocycles. The Kier molecular flexibility index (Phi) is 5.41. The minimum absolute atomic E-state index is 0.0240. The van der Waals surface area contributed by atoms with Gasteiger partial charge < -0.3 is 4.74 Å². The van der Waals surface area contributed by atoms with Gasteiger partial charge in [-0.2, -0.15) is 5.10 Å². The first-order valence-corrected chi connectivity index (χ1v) is 9.84. The molecule has 2 aromatic rings. The first-order valence-electron chi connectivity index (χ1n) is 8.36. The van der Waals surface area contributed by atoms with Crippen LogP contribution < -0.4 is 9.46 Å². The zero-order chi connectivity index (χ0) is 17.9. The standard InChI is InChI=1S/C17H24N4O3S/c1-20-13-16(11-18-20)25(22,23)19-12-17(21-8-3-4-9-21)14-6-5-7-15(10-14)24-2/h5-7,10-11,13,17,19H,3-4,8-9,12H2,1-2H3. The van der Waals surface area contributed by atoms with Gasteiger partial charge in [0.15, 0.2) is 0 Å². The van der Waals surface area contributed by atoms with E-state index in [1.807, 2.05) is 24.3 Å². The van der Waals surface area contributed by atoms with E-state index in [0.717, 1.165) is 37.2 Å². The zero-order valence-corrected chi connectivity index (χ0v) is 15.4. The molecular formula is C17H24N4O3S. The van der Waals surface area contributed by atoms with Gasteiger partial charge in [0.1, 0.15) is 10.6 Å². The molecule has 1 atom stereocenters. The number of aryl methyl sites for hydroxylation is 1. The third-order valence-electron chi connectivity index (χ3n) is 4.52. The third kappa shape index (κ3) is 4.20. The average molecular weight is 364 g/mol. The van der Waals surface area contributed by atoms with Crippen LogP contribution in [0.4, 0.5) is 0 Å². The summed E-state index contributed by atoms with van der Waals surface area (Å²) < 4.78 is 34.6. The molecule has 0 radical (unpaired) electrons. The fraction of sp³-hybridized carbons (Fsp3) is 0.471. The van der Waals surface area contributed by atoms with Gasteiger partial charge in [-0.05, 0) is 43.6 Å². The number of nitrogens with one attached hydrogen (secondary N) is 1. The van der Waals surface area contributed by atoms with E-state index in [4.69, 9.17) is 4.74 Å². The second-order valence-electron chi connectivity index (χ2n) is 6.24. The summed E-state index contributed by atoms with van der Waals surface area (Å²) in [5.41, 5.74) is 1.05. The summed E-state index contributed by atoms with van der Waals surface area (Å²) in [5.74, 6) is 0.775. The first kappa shape index (κ1) is 17.9. The number of aromatic nitrogens is 2. The van der Waals surface area contributed by atoms with Crippen molar-refractivity contribution in [2.75, 3.05) is 26.7 Å². The maximum Gasteiger partial charge on any atom is 0.243 e. The highest BCUT2D eigenvalue weighted by molar-refractivity contribution is 7.89. The van der Waals surface area contributed by atoms with Crippen molar-refractivity contribution < 1.29 is 13.2 Å². The van der Waals surface area contributed by atoms with Gasteiger partial charge in [0.25, 0.3) is 0 Å². The summed E-state index contributed by atoms with van der Waals surface area (Å²) in [4.78, 5) is 2.50. The SMILES string of the molecule is COc1cccc(C(CNS(=O)(=O)c2cnn(C)c2)N2CCCC2)c1. The van der Waals surface area contributed by atoms with Crippen molar-refractivity contribution in [1.29, 1.82) is 0 Å². The van der Waals surface area contributed by atoms with E-state index >= 15 is 0 Å². The van der Waals surface area contributed by atoms with Gasteiger partial charge in [-0.1, -0.05) is 12.1 Å². The van der Waals surface area contributed by atoms with Crippen LogP contribution in [0.3, 0.4) is 0 Å². The number of hydrogen-bond donors (Lipinski definition) is 1. The molecule has 1 N–H and O–H groups in total. The summed E-state index contributed by atoms with van der Waals surface area (Å²) in [5, 5.41) is 3.94. The van der Waals surface area contributed by atoms with Crippen LogP contribution in [0, 0.1) is 0 Å². The van der Waals surface area contributed by atoms with Gasteiger partial charge in [-0.3, -0.25) is 9.58 Å². The Morgan fingerprint density at radius 1 is 1.32 bits per heavy atom. The van der Waals surface area contributed by atoms with E-state index in [2.05, 4.69) is 14.7 Å². The summed E-state index contributed by atoms with van der Waals surface area (Å²) in [6.07, 6.45) is 5.13. The fourth-order valence-corrected chi connectivity index (χ4v) is 4.19. The molecule has 2 heterocycles. The highest BCUT2D eigenvalue weighted by Crippen LogP contribution is 2.27. The Morgan fingerprint density at radius 2 is 2.08 bits per heavy atom. The molecule has 1 aromatic carbocycles.